The minimum Gasteiger partial charge on any atom is -0.494 e. The highest BCUT2D eigenvalue weighted by Crippen LogP contribution is 2.29. The number of non-ortho nitro benzene ring substituents is 1. The van der Waals surface area contributed by atoms with E-state index in [4.69, 9.17) is 9.47 Å². The number of benzene rings is 2. The van der Waals surface area contributed by atoms with Crippen LogP contribution in [-0.2, 0) is 4.79 Å². The van der Waals surface area contributed by atoms with Crippen LogP contribution in [0, 0.1) is 10.1 Å². The summed E-state index contributed by atoms with van der Waals surface area (Å²) in [6.45, 7) is 3.91. The van der Waals surface area contributed by atoms with Crippen molar-refractivity contribution in [2.24, 2.45) is 0 Å². The Bertz CT molecular complexity index is 774. The second-order valence-corrected chi connectivity index (χ2v) is 5.67. The highest BCUT2D eigenvalue weighted by molar-refractivity contribution is 5.93. The zero-order valence-corrected chi connectivity index (χ0v) is 14.3. The maximum Gasteiger partial charge on any atom is 0.273 e. The van der Waals surface area contributed by atoms with Crippen molar-refractivity contribution in [3.05, 3.63) is 58.1 Å². The first-order valence-electron chi connectivity index (χ1n) is 7.76. The first kappa shape index (κ1) is 18.3. The Balaban J connectivity index is 2.05. The molecule has 0 heterocycles. The van der Waals surface area contributed by atoms with E-state index in [-0.39, 0.29) is 29.9 Å². The zero-order chi connectivity index (χ0) is 18.4. The van der Waals surface area contributed by atoms with Gasteiger partial charge in [-0.3, -0.25) is 14.9 Å². The van der Waals surface area contributed by atoms with E-state index in [2.05, 4.69) is 5.32 Å². The molecule has 0 aliphatic carbocycles. The smallest absolute Gasteiger partial charge is 0.273 e. The van der Waals surface area contributed by atoms with Gasteiger partial charge in [-0.15, -0.1) is 0 Å². The number of hydrogen-bond donors (Lipinski definition) is 1. The number of nitro groups is 1. The van der Waals surface area contributed by atoms with Gasteiger partial charge in [-0.05, 0) is 23.6 Å². The predicted molar refractivity (Wildman–Crippen MR) is 94.3 cm³/mol. The van der Waals surface area contributed by atoms with Crippen LogP contribution in [0.3, 0.4) is 0 Å². The number of amides is 1. The van der Waals surface area contributed by atoms with Crippen LogP contribution in [0.15, 0.2) is 42.5 Å². The average Bonchev–Trinajstić information content (AvgIpc) is 2.60. The molecule has 2 aromatic carbocycles. The molecule has 0 fully saturated rings. The topological polar surface area (TPSA) is 90.7 Å². The maximum atomic E-state index is 12.1. The zero-order valence-electron chi connectivity index (χ0n) is 14.3. The molecular weight excluding hydrogens is 324 g/mol. The van der Waals surface area contributed by atoms with E-state index < -0.39 is 4.92 Å². The first-order valence-corrected chi connectivity index (χ1v) is 7.76. The van der Waals surface area contributed by atoms with E-state index >= 15 is 0 Å². The van der Waals surface area contributed by atoms with Crippen molar-refractivity contribution in [1.29, 1.82) is 0 Å². The summed E-state index contributed by atoms with van der Waals surface area (Å²) in [7, 11) is 1.38. The van der Waals surface area contributed by atoms with Crippen molar-refractivity contribution in [3.63, 3.8) is 0 Å². The number of methoxy groups -OCH3 is 1. The van der Waals surface area contributed by atoms with Crippen LogP contribution in [0.5, 0.6) is 11.5 Å². The van der Waals surface area contributed by atoms with Crippen molar-refractivity contribution >= 4 is 17.3 Å². The van der Waals surface area contributed by atoms with Gasteiger partial charge in [0.1, 0.15) is 11.5 Å². The molecule has 0 bridgehead atoms. The fraction of sp³-hybridized carbons (Fsp3) is 0.278. The molecule has 0 saturated heterocycles. The molecule has 2 aromatic rings. The van der Waals surface area contributed by atoms with Gasteiger partial charge < -0.3 is 14.8 Å². The summed E-state index contributed by atoms with van der Waals surface area (Å²) in [5, 5.41) is 13.4. The quantitative estimate of drug-likeness (QED) is 0.610. The van der Waals surface area contributed by atoms with Gasteiger partial charge in [-0.2, -0.15) is 0 Å². The van der Waals surface area contributed by atoms with E-state index in [9.17, 15) is 14.9 Å². The van der Waals surface area contributed by atoms with Gasteiger partial charge in [0.05, 0.1) is 23.8 Å². The summed E-state index contributed by atoms with van der Waals surface area (Å²) in [6, 6.07) is 11.5. The Labute approximate surface area is 145 Å². The number of nitro benzene ring substituents is 1. The molecule has 25 heavy (non-hydrogen) atoms. The van der Waals surface area contributed by atoms with E-state index in [1.54, 1.807) is 0 Å². The molecule has 0 spiro atoms. The van der Waals surface area contributed by atoms with Crippen LogP contribution in [0.2, 0.25) is 0 Å². The van der Waals surface area contributed by atoms with Crippen molar-refractivity contribution in [2.45, 2.75) is 19.8 Å². The molecule has 1 amide bonds. The maximum absolute atomic E-state index is 12.1. The van der Waals surface area contributed by atoms with Gasteiger partial charge >= 0.3 is 0 Å². The minimum atomic E-state index is -0.528. The molecule has 0 saturated carbocycles. The Kier molecular flexibility index (Phi) is 5.94. The number of rotatable bonds is 7. The number of ether oxygens (including phenoxy) is 2. The summed E-state index contributed by atoms with van der Waals surface area (Å²) >= 11 is 0. The Morgan fingerprint density at radius 3 is 2.56 bits per heavy atom. The number of para-hydroxylation sites is 1. The van der Waals surface area contributed by atoms with Crippen molar-refractivity contribution in [3.8, 4) is 11.5 Å². The highest BCUT2D eigenvalue weighted by atomic mass is 16.6. The number of carbonyl (C=O) groups is 1. The monoisotopic (exact) mass is 344 g/mol. The molecule has 0 aliphatic heterocycles. The lowest BCUT2D eigenvalue weighted by Crippen LogP contribution is -2.21. The van der Waals surface area contributed by atoms with Crippen molar-refractivity contribution < 1.29 is 19.2 Å². The molecule has 2 rings (SSSR count). The lowest BCUT2D eigenvalue weighted by atomic mass is 10.0. The summed E-state index contributed by atoms with van der Waals surface area (Å²) in [5.74, 6) is 0.758. The third kappa shape index (κ3) is 4.69. The van der Waals surface area contributed by atoms with Crippen LogP contribution in [-0.4, -0.2) is 24.5 Å². The summed E-state index contributed by atoms with van der Waals surface area (Å²) in [6.07, 6.45) is 0. The number of nitrogens with one attached hydrogen (secondary N) is 1. The van der Waals surface area contributed by atoms with E-state index in [0.717, 1.165) is 5.56 Å². The van der Waals surface area contributed by atoms with Crippen LogP contribution in [0.25, 0.3) is 0 Å². The fourth-order valence-electron chi connectivity index (χ4n) is 2.32. The van der Waals surface area contributed by atoms with Crippen LogP contribution in [0.4, 0.5) is 11.4 Å². The van der Waals surface area contributed by atoms with Gasteiger partial charge in [-0.25, -0.2) is 0 Å². The largest absolute Gasteiger partial charge is 0.494 e. The van der Waals surface area contributed by atoms with E-state index in [0.29, 0.717) is 11.4 Å². The molecule has 0 unspecified atom stereocenters. The Hall–Kier alpha value is -3.09. The van der Waals surface area contributed by atoms with Gasteiger partial charge in [-0.1, -0.05) is 32.0 Å². The van der Waals surface area contributed by atoms with Crippen molar-refractivity contribution in [2.75, 3.05) is 19.0 Å². The van der Waals surface area contributed by atoms with Gasteiger partial charge in [0.25, 0.3) is 11.6 Å². The van der Waals surface area contributed by atoms with E-state index in [1.165, 1.54) is 25.3 Å². The number of carbonyl (C=O) groups excluding carboxylic acids is 1. The lowest BCUT2D eigenvalue weighted by molar-refractivity contribution is -0.384. The fourth-order valence-corrected chi connectivity index (χ4v) is 2.32. The standard InChI is InChI=1S/C18H20N2O5/c1-12(2)14-6-4-5-7-16(14)25-11-18(21)19-15-9-8-13(20(22)23)10-17(15)24-3/h4-10,12H,11H2,1-3H3,(H,19,21). The molecule has 0 atom stereocenters. The Morgan fingerprint density at radius 1 is 1.20 bits per heavy atom. The third-order valence-corrected chi connectivity index (χ3v) is 3.57. The SMILES string of the molecule is COc1cc([N+](=O)[O-])ccc1NC(=O)COc1ccccc1C(C)C. The van der Waals surface area contributed by atoms with Gasteiger partial charge in [0.2, 0.25) is 0 Å². The van der Waals surface area contributed by atoms with E-state index in [1.807, 2.05) is 38.1 Å². The molecule has 7 nitrogen and oxygen atoms in total. The first-order chi connectivity index (χ1) is 11.9. The minimum absolute atomic E-state index is 0.114. The molecule has 132 valence electrons. The van der Waals surface area contributed by atoms with Gasteiger partial charge in [0.15, 0.2) is 6.61 Å². The van der Waals surface area contributed by atoms with Crippen LogP contribution in [0.1, 0.15) is 25.3 Å². The highest BCUT2D eigenvalue weighted by Gasteiger charge is 2.14. The third-order valence-electron chi connectivity index (χ3n) is 3.57. The lowest BCUT2D eigenvalue weighted by Gasteiger charge is -2.14. The second-order valence-electron chi connectivity index (χ2n) is 5.67. The number of hydrogen-bond acceptors (Lipinski definition) is 5. The predicted octanol–water partition coefficient (Wildman–Crippen LogP) is 3.74. The molecular formula is C18H20N2O5. The molecule has 0 radical (unpaired) electrons. The van der Waals surface area contributed by atoms with Crippen LogP contribution >= 0.6 is 0 Å². The Morgan fingerprint density at radius 2 is 1.92 bits per heavy atom. The number of nitrogens with zero attached hydrogens (tertiary/aromatic N) is 1. The summed E-state index contributed by atoms with van der Waals surface area (Å²) in [4.78, 5) is 22.4. The summed E-state index contributed by atoms with van der Waals surface area (Å²) < 4.78 is 10.7. The average molecular weight is 344 g/mol. The van der Waals surface area contributed by atoms with Gasteiger partial charge in [0, 0.05) is 6.07 Å². The molecule has 1 N–H and O–H groups in total. The van der Waals surface area contributed by atoms with Crippen molar-refractivity contribution in [1.82, 2.24) is 0 Å². The normalized spacial score (nSPS) is 10.4. The molecule has 0 aliphatic rings. The van der Waals surface area contributed by atoms with Crippen LogP contribution < -0.4 is 14.8 Å². The summed E-state index contributed by atoms with van der Waals surface area (Å²) in [5.41, 5.74) is 1.25. The second kappa shape index (κ2) is 8.14. The molecule has 7 heteroatoms. The number of anilines is 1. The molecule has 0 aromatic heterocycles.